The number of urea groups is 1. The van der Waals surface area contributed by atoms with Gasteiger partial charge in [-0.05, 0) is 24.1 Å². The molecule has 0 bridgehead atoms. The van der Waals surface area contributed by atoms with Gasteiger partial charge in [0.05, 0.1) is 12.1 Å². The summed E-state index contributed by atoms with van der Waals surface area (Å²) in [6.07, 6.45) is -1.96. The third-order valence-electron chi connectivity index (χ3n) is 4.18. The average Bonchev–Trinajstić information content (AvgIpc) is 3.22. The summed E-state index contributed by atoms with van der Waals surface area (Å²) < 4.78 is 37.8. The fraction of sp³-hybridized carbons (Fsp3) is 0.333. The highest BCUT2D eigenvalue weighted by atomic mass is 32.1. The van der Waals surface area contributed by atoms with Gasteiger partial charge < -0.3 is 10.6 Å². The van der Waals surface area contributed by atoms with Crippen LogP contribution in [0.5, 0.6) is 0 Å². The fourth-order valence-electron chi connectivity index (χ4n) is 2.72. The molecular weight excluding hydrogens is 409 g/mol. The van der Waals surface area contributed by atoms with Crippen molar-refractivity contribution < 1.29 is 27.6 Å². The summed E-state index contributed by atoms with van der Waals surface area (Å²) >= 11 is 1.23. The number of anilines is 1. The topological polar surface area (TPSA) is 91.4 Å². The molecular formula is C18H17F3N4O3S. The monoisotopic (exact) mass is 426 g/mol. The van der Waals surface area contributed by atoms with Crippen LogP contribution in [0.25, 0.3) is 0 Å². The second-order valence-corrected chi connectivity index (χ2v) is 7.47. The van der Waals surface area contributed by atoms with Crippen LogP contribution >= 0.6 is 11.3 Å². The highest BCUT2D eigenvalue weighted by Gasteiger charge is 2.30. The van der Waals surface area contributed by atoms with Crippen LogP contribution < -0.4 is 10.6 Å². The van der Waals surface area contributed by atoms with Crippen LogP contribution in [0.4, 0.5) is 23.1 Å². The Morgan fingerprint density at radius 2 is 1.97 bits per heavy atom. The Kier molecular flexibility index (Phi) is 6.16. The van der Waals surface area contributed by atoms with Gasteiger partial charge in [-0.15, -0.1) is 11.3 Å². The van der Waals surface area contributed by atoms with Gasteiger partial charge in [-0.25, -0.2) is 9.78 Å². The average molecular weight is 426 g/mol. The largest absolute Gasteiger partial charge is 0.416 e. The molecule has 7 nitrogen and oxygen atoms in total. The van der Waals surface area contributed by atoms with E-state index in [4.69, 9.17) is 0 Å². The van der Waals surface area contributed by atoms with Gasteiger partial charge in [0.25, 0.3) is 0 Å². The molecule has 0 radical (unpaired) electrons. The molecule has 2 N–H and O–H groups in total. The maximum absolute atomic E-state index is 12.6. The molecule has 4 amide bonds. The lowest BCUT2D eigenvalue weighted by atomic mass is 10.1. The molecule has 1 aliphatic heterocycles. The van der Waals surface area contributed by atoms with Crippen molar-refractivity contribution >= 4 is 34.3 Å². The number of alkyl halides is 3. The van der Waals surface area contributed by atoms with Gasteiger partial charge in [0, 0.05) is 30.5 Å². The van der Waals surface area contributed by atoms with Crippen molar-refractivity contribution in [2.75, 3.05) is 18.4 Å². The van der Waals surface area contributed by atoms with E-state index in [-0.39, 0.29) is 31.3 Å². The van der Waals surface area contributed by atoms with E-state index in [1.807, 2.05) is 0 Å². The Bertz CT molecular complexity index is 896. The Labute approximate surface area is 167 Å². The molecule has 1 saturated heterocycles. The zero-order chi connectivity index (χ0) is 21.0. The number of rotatable bonds is 7. The van der Waals surface area contributed by atoms with Crippen molar-refractivity contribution in [2.24, 2.45) is 0 Å². The van der Waals surface area contributed by atoms with Crippen LogP contribution in [-0.2, 0) is 22.2 Å². The van der Waals surface area contributed by atoms with Crippen molar-refractivity contribution in [1.29, 1.82) is 0 Å². The number of carbonyl (C=O) groups is 3. The summed E-state index contributed by atoms with van der Waals surface area (Å²) in [6, 6.07) is 4.44. The molecule has 1 aliphatic rings. The van der Waals surface area contributed by atoms with E-state index in [1.165, 1.54) is 23.5 Å². The van der Waals surface area contributed by atoms with Gasteiger partial charge in [-0.3, -0.25) is 14.5 Å². The standard InChI is InChI=1S/C18H17F3N4O3S/c19-18(20,21)12-5-3-11(4-6-12)8-13-9-22-16(29-13)24-14(26)2-1-7-25-15(27)10-23-17(25)28/h3-6,9H,1-2,7-8,10H2,(H,23,28)(H,22,24,26). The third kappa shape index (κ3) is 5.53. The highest BCUT2D eigenvalue weighted by Crippen LogP contribution is 2.30. The van der Waals surface area contributed by atoms with E-state index in [9.17, 15) is 27.6 Å². The number of carbonyl (C=O) groups excluding carboxylic acids is 3. The summed E-state index contributed by atoms with van der Waals surface area (Å²) in [7, 11) is 0. The van der Waals surface area contributed by atoms with Crippen molar-refractivity contribution in [3.8, 4) is 0 Å². The number of hydrogen-bond donors (Lipinski definition) is 2. The number of aromatic nitrogens is 1. The zero-order valence-corrected chi connectivity index (χ0v) is 15.9. The molecule has 1 aromatic heterocycles. The van der Waals surface area contributed by atoms with E-state index < -0.39 is 17.8 Å². The molecule has 0 spiro atoms. The van der Waals surface area contributed by atoms with Gasteiger partial charge in [0.1, 0.15) is 0 Å². The second kappa shape index (κ2) is 8.60. The fourth-order valence-corrected chi connectivity index (χ4v) is 3.58. The molecule has 2 heterocycles. The zero-order valence-electron chi connectivity index (χ0n) is 15.1. The van der Waals surface area contributed by atoms with Crippen LogP contribution in [0.2, 0.25) is 0 Å². The maximum Gasteiger partial charge on any atom is 0.416 e. The van der Waals surface area contributed by atoms with Crippen molar-refractivity contribution in [2.45, 2.75) is 25.4 Å². The first-order chi connectivity index (χ1) is 13.7. The van der Waals surface area contributed by atoms with E-state index in [1.54, 1.807) is 6.20 Å². The molecule has 2 aromatic rings. The summed E-state index contributed by atoms with van der Waals surface area (Å²) in [6.45, 7) is 0.140. The summed E-state index contributed by atoms with van der Waals surface area (Å²) in [4.78, 5) is 40.8. The predicted molar refractivity (Wildman–Crippen MR) is 99.3 cm³/mol. The molecule has 1 fully saturated rings. The van der Waals surface area contributed by atoms with Crippen molar-refractivity contribution in [1.82, 2.24) is 15.2 Å². The minimum absolute atomic E-state index is 0.0220. The summed E-state index contributed by atoms with van der Waals surface area (Å²) in [5, 5.41) is 5.43. The number of thiazole rings is 1. The number of benzene rings is 1. The minimum atomic E-state index is -4.37. The predicted octanol–water partition coefficient (Wildman–Crippen LogP) is 3.02. The van der Waals surface area contributed by atoms with Crippen LogP contribution in [0.15, 0.2) is 30.5 Å². The van der Waals surface area contributed by atoms with Gasteiger partial charge in [0.2, 0.25) is 11.8 Å². The Morgan fingerprint density at radius 1 is 1.24 bits per heavy atom. The van der Waals surface area contributed by atoms with Crippen LogP contribution in [0.1, 0.15) is 28.8 Å². The van der Waals surface area contributed by atoms with Gasteiger partial charge in [-0.2, -0.15) is 13.2 Å². The smallest absolute Gasteiger partial charge is 0.329 e. The minimum Gasteiger partial charge on any atom is -0.329 e. The third-order valence-corrected chi connectivity index (χ3v) is 5.09. The molecule has 29 heavy (non-hydrogen) atoms. The highest BCUT2D eigenvalue weighted by molar-refractivity contribution is 7.15. The lowest BCUT2D eigenvalue weighted by Gasteiger charge is -2.11. The number of amides is 4. The molecule has 0 aliphatic carbocycles. The lowest BCUT2D eigenvalue weighted by Crippen LogP contribution is -2.32. The number of imide groups is 1. The number of nitrogens with zero attached hydrogens (tertiary/aromatic N) is 2. The Balaban J connectivity index is 1.46. The van der Waals surface area contributed by atoms with Gasteiger partial charge in [0.15, 0.2) is 5.13 Å². The van der Waals surface area contributed by atoms with E-state index in [0.29, 0.717) is 23.5 Å². The quantitative estimate of drug-likeness (QED) is 0.666. The summed E-state index contributed by atoms with van der Waals surface area (Å²) in [5.41, 5.74) is -0.000276. The van der Waals surface area contributed by atoms with Crippen LogP contribution in [0.3, 0.4) is 0 Å². The van der Waals surface area contributed by atoms with E-state index >= 15 is 0 Å². The Hall–Kier alpha value is -2.95. The maximum atomic E-state index is 12.6. The van der Waals surface area contributed by atoms with Crippen LogP contribution in [-0.4, -0.2) is 40.8 Å². The van der Waals surface area contributed by atoms with Gasteiger partial charge >= 0.3 is 12.2 Å². The van der Waals surface area contributed by atoms with Crippen molar-refractivity contribution in [3.63, 3.8) is 0 Å². The van der Waals surface area contributed by atoms with Crippen LogP contribution in [0, 0.1) is 0 Å². The number of nitrogens with one attached hydrogen (secondary N) is 2. The second-order valence-electron chi connectivity index (χ2n) is 6.36. The molecule has 154 valence electrons. The van der Waals surface area contributed by atoms with E-state index in [2.05, 4.69) is 15.6 Å². The molecule has 11 heteroatoms. The molecule has 0 atom stereocenters. The van der Waals surface area contributed by atoms with Gasteiger partial charge in [-0.1, -0.05) is 12.1 Å². The lowest BCUT2D eigenvalue weighted by molar-refractivity contribution is -0.137. The normalized spacial score (nSPS) is 14.2. The number of hydrogen-bond acceptors (Lipinski definition) is 5. The number of halogens is 3. The molecule has 0 unspecified atom stereocenters. The SMILES string of the molecule is O=C(CCCN1C(=O)CNC1=O)Nc1ncc(Cc2ccc(C(F)(F)F)cc2)s1. The molecule has 3 rings (SSSR count). The van der Waals surface area contributed by atoms with Crippen molar-refractivity contribution in [3.05, 3.63) is 46.5 Å². The molecule has 1 aromatic carbocycles. The first kappa shape index (κ1) is 20.8. The first-order valence-electron chi connectivity index (χ1n) is 8.71. The first-order valence-corrected chi connectivity index (χ1v) is 9.53. The Morgan fingerprint density at radius 3 is 2.59 bits per heavy atom. The summed E-state index contributed by atoms with van der Waals surface area (Å²) in [5.74, 6) is -0.615. The molecule has 0 saturated carbocycles. The van der Waals surface area contributed by atoms with E-state index in [0.717, 1.165) is 21.9 Å².